The van der Waals surface area contributed by atoms with Crippen LogP contribution in [0.1, 0.15) is 28.9 Å². The quantitative estimate of drug-likeness (QED) is 0.299. The van der Waals surface area contributed by atoms with Crippen molar-refractivity contribution in [3.63, 3.8) is 0 Å². The second kappa shape index (κ2) is 11.2. The second-order valence-electron chi connectivity index (χ2n) is 9.05. The molecule has 0 aliphatic heterocycles. The van der Waals surface area contributed by atoms with Gasteiger partial charge in [-0.05, 0) is 49.2 Å². The zero-order chi connectivity index (χ0) is 25.7. The number of nitrogens with zero attached hydrogens (tertiary/aromatic N) is 3. The number of aromatic nitrogens is 1. The molecule has 36 heavy (non-hydrogen) atoms. The number of hydrogen-bond acceptors (Lipinski definition) is 6. The van der Waals surface area contributed by atoms with E-state index < -0.39 is 0 Å². The number of furan rings is 1. The third-order valence-electron chi connectivity index (χ3n) is 6.22. The molecule has 2 aromatic carbocycles. The zero-order valence-electron chi connectivity index (χ0n) is 21.6. The van der Waals surface area contributed by atoms with E-state index in [-0.39, 0.29) is 5.91 Å². The maximum absolute atomic E-state index is 13.5. The molecule has 4 aromatic rings. The minimum absolute atomic E-state index is 0.0504. The van der Waals surface area contributed by atoms with E-state index in [1.165, 1.54) is 5.56 Å². The summed E-state index contributed by atoms with van der Waals surface area (Å²) in [4.78, 5) is 22.2. The van der Waals surface area contributed by atoms with Gasteiger partial charge in [0.15, 0.2) is 0 Å². The van der Waals surface area contributed by atoms with Gasteiger partial charge in [0.25, 0.3) is 0 Å². The molecule has 0 spiro atoms. The van der Waals surface area contributed by atoms with Crippen LogP contribution in [0.4, 0.5) is 5.82 Å². The van der Waals surface area contributed by atoms with Gasteiger partial charge in [-0.3, -0.25) is 4.79 Å². The van der Waals surface area contributed by atoms with Crippen LogP contribution >= 0.6 is 0 Å². The summed E-state index contributed by atoms with van der Waals surface area (Å²) in [5, 5.41) is 0.836. The van der Waals surface area contributed by atoms with Crippen molar-refractivity contribution in [3.05, 3.63) is 83.3 Å². The number of hydrogen-bond donors (Lipinski definition) is 0. The van der Waals surface area contributed by atoms with E-state index >= 15 is 0 Å². The fourth-order valence-electron chi connectivity index (χ4n) is 4.28. The first-order valence-electron chi connectivity index (χ1n) is 12.0. The Morgan fingerprint density at radius 2 is 1.69 bits per heavy atom. The van der Waals surface area contributed by atoms with Crippen molar-refractivity contribution in [1.29, 1.82) is 0 Å². The van der Waals surface area contributed by atoms with Gasteiger partial charge in [-0.25, -0.2) is 4.98 Å². The molecule has 188 valence electrons. The number of carbonyl (C=O) groups is 1. The van der Waals surface area contributed by atoms with Crippen molar-refractivity contribution < 1.29 is 18.7 Å². The number of methoxy groups -OCH3 is 2. The first-order valence-corrected chi connectivity index (χ1v) is 12.0. The first kappa shape index (κ1) is 25.1. The summed E-state index contributed by atoms with van der Waals surface area (Å²) in [7, 11) is 7.16. The highest BCUT2D eigenvalue weighted by molar-refractivity contribution is 5.92. The van der Waals surface area contributed by atoms with Crippen LogP contribution < -0.4 is 14.4 Å². The Bertz CT molecular complexity index is 1310. The van der Waals surface area contributed by atoms with Crippen LogP contribution in [0.5, 0.6) is 11.5 Å². The van der Waals surface area contributed by atoms with Crippen LogP contribution in [0.15, 0.2) is 65.3 Å². The van der Waals surface area contributed by atoms with Crippen LogP contribution in [-0.2, 0) is 24.3 Å². The number of pyridine rings is 1. The van der Waals surface area contributed by atoms with Gasteiger partial charge >= 0.3 is 0 Å². The van der Waals surface area contributed by atoms with Gasteiger partial charge in [-0.1, -0.05) is 29.8 Å². The van der Waals surface area contributed by atoms with Gasteiger partial charge in [-0.2, -0.15) is 0 Å². The third kappa shape index (κ3) is 5.62. The van der Waals surface area contributed by atoms with Crippen LogP contribution in [0.25, 0.3) is 10.9 Å². The molecule has 0 saturated heterocycles. The van der Waals surface area contributed by atoms with E-state index in [4.69, 9.17) is 18.9 Å². The molecule has 7 heteroatoms. The molecule has 0 N–H and O–H groups in total. The van der Waals surface area contributed by atoms with Gasteiger partial charge in [0.1, 0.15) is 28.6 Å². The zero-order valence-corrected chi connectivity index (χ0v) is 21.6. The molecule has 0 saturated carbocycles. The Morgan fingerprint density at radius 1 is 0.972 bits per heavy atom. The molecule has 2 aromatic heterocycles. The topological polar surface area (TPSA) is 68.0 Å². The predicted molar refractivity (Wildman–Crippen MR) is 142 cm³/mol. The molecule has 2 heterocycles. The van der Waals surface area contributed by atoms with Gasteiger partial charge in [-0.15, -0.1) is 0 Å². The Hall–Kier alpha value is -4.00. The molecule has 0 bridgehead atoms. The summed E-state index contributed by atoms with van der Waals surface area (Å²) in [6.45, 7) is 2.81. The van der Waals surface area contributed by atoms with Gasteiger partial charge < -0.3 is 23.7 Å². The van der Waals surface area contributed by atoms with E-state index in [1.807, 2.05) is 54.2 Å². The number of aryl methyl sites for hydroxylation is 2. The fourth-order valence-corrected chi connectivity index (χ4v) is 4.28. The Balaban J connectivity index is 1.68. The number of ether oxygens (including phenoxy) is 2. The summed E-state index contributed by atoms with van der Waals surface area (Å²) in [5.74, 6) is 2.92. The van der Waals surface area contributed by atoms with Crippen LogP contribution in [-0.4, -0.2) is 44.1 Å². The highest BCUT2D eigenvalue weighted by atomic mass is 16.5. The van der Waals surface area contributed by atoms with Gasteiger partial charge in [0.2, 0.25) is 5.91 Å². The lowest BCUT2D eigenvalue weighted by Crippen LogP contribution is -2.31. The van der Waals surface area contributed by atoms with Gasteiger partial charge in [0, 0.05) is 38.0 Å². The maximum Gasteiger partial charge on any atom is 0.223 e. The summed E-state index contributed by atoms with van der Waals surface area (Å²) in [5.41, 5.74) is 3.98. The van der Waals surface area contributed by atoms with Crippen molar-refractivity contribution in [3.8, 4) is 11.5 Å². The first-order chi connectivity index (χ1) is 17.4. The minimum atomic E-state index is 0.0504. The summed E-state index contributed by atoms with van der Waals surface area (Å²) < 4.78 is 16.8. The number of fused-ring (bicyclic) bond motifs is 1. The Morgan fingerprint density at radius 3 is 2.33 bits per heavy atom. The van der Waals surface area contributed by atoms with Crippen molar-refractivity contribution in [2.75, 3.05) is 33.2 Å². The summed E-state index contributed by atoms with van der Waals surface area (Å²) in [6, 6.07) is 17.8. The van der Waals surface area contributed by atoms with E-state index in [2.05, 4.69) is 31.2 Å². The smallest absolute Gasteiger partial charge is 0.223 e. The highest BCUT2D eigenvalue weighted by Gasteiger charge is 2.21. The largest absolute Gasteiger partial charge is 0.496 e. The monoisotopic (exact) mass is 487 g/mol. The molecular weight excluding hydrogens is 454 g/mol. The van der Waals surface area contributed by atoms with Crippen molar-refractivity contribution in [2.45, 2.75) is 32.9 Å². The van der Waals surface area contributed by atoms with Crippen molar-refractivity contribution >= 4 is 22.6 Å². The number of amides is 1. The van der Waals surface area contributed by atoms with E-state index in [0.717, 1.165) is 28.1 Å². The van der Waals surface area contributed by atoms with E-state index in [9.17, 15) is 4.79 Å². The second-order valence-corrected chi connectivity index (χ2v) is 9.05. The molecule has 0 radical (unpaired) electrons. The SMILES string of the molecule is COc1ccc(OC)c2nc(N(C)C)c(CN(Cc3ccco3)C(=O)CCc3ccc(C)cc3)cc12. The minimum Gasteiger partial charge on any atom is -0.496 e. The Kier molecular flexibility index (Phi) is 7.78. The Labute approximate surface area is 212 Å². The standard InChI is InChI=1S/C29H33N3O4/c1-20-8-10-21(11-9-20)12-15-27(33)32(19-23-7-6-16-36-23)18-22-17-24-25(34-4)13-14-26(35-5)28(24)30-29(22)31(2)3/h6-11,13-14,16-17H,12,15,18-19H2,1-5H3. The maximum atomic E-state index is 13.5. The molecule has 0 unspecified atom stereocenters. The molecule has 0 atom stereocenters. The average molecular weight is 488 g/mol. The van der Waals surface area contributed by atoms with Gasteiger partial charge in [0.05, 0.1) is 27.0 Å². The van der Waals surface area contributed by atoms with Crippen LogP contribution in [0.2, 0.25) is 0 Å². The lowest BCUT2D eigenvalue weighted by Gasteiger charge is -2.25. The van der Waals surface area contributed by atoms with Crippen LogP contribution in [0.3, 0.4) is 0 Å². The van der Waals surface area contributed by atoms with Crippen molar-refractivity contribution in [2.24, 2.45) is 0 Å². The lowest BCUT2D eigenvalue weighted by molar-refractivity contribution is -0.132. The normalized spacial score (nSPS) is 10.9. The van der Waals surface area contributed by atoms with Crippen LogP contribution in [0, 0.1) is 6.92 Å². The van der Waals surface area contributed by atoms with E-state index in [1.54, 1.807) is 20.5 Å². The third-order valence-corrected chi connectivity index (χ3v) is 6.22. The summed E-state index contributed by atoms with van der Waals surface area (Å²) in [6.07, 6.45) is 2.71. The number of rotatable bonds is 10. The number of carbonyl (C=O) groups excluding carboxylic acids is 1. The molecular formula is C29H33N3O4. The lowest BCUT2D eigenvalue weighted by atomic mass is 10.1. The fraction of sp³-hybridized carbons (Fsp3) is 0.310. The number of anilines is 1. The molecule has 0 aliphatic rings. The average Bonchev–Trinajstić information content (AvgIpc) is 3.39. The van der Waals surface area contributed by atoms with E-state index in [0.29, 0.717) is 42.9 Å². The molecule has 7 nitrogen and oxygen atoms in total. The molecule has 0 fully saturated rings. The summed E-state index contributed by atoms with van der Waals surface area (Å²) >= 11 is 0. The number of benzene rings is 2. The predicted octanol–water partition coefficient (Wildman–Crippen LogP) is 5.38. The highest BCUT2D eigenvalue weighted by Crippen LogP contribution is 2.35. The van der Waals surface area contributed by atoms with Crippen molar-refractivity contribution in [1.82, 2.24) is 9.88 Å². The molecule has 4 rings (SSSR count). The molecule has 1 amide bonds. The molecule has 0 aliphatic carbocycles.